The van der Waals surface area contributed by atoms with Crippen molar-refractivity contribution in [1.29, 1.82) is 0 Å². The van der Waals surface area contributed by atoms with Crippen LogP contribution < -0.4 is 10.1 Å². The molecule has 0 aromatic carbocycles. The fourth-order valence-corrected chi connectivity index (χ4v) is 0.677. The SMILES string of the molecule is CNC(=O)Oc1cc(CCl)on1. The molecule has 6 heteroatoms. The number of halogens is 1. The number of rotatable bonds is 2. The van der Waals surface area contributed by atoms with E-state index in [2.05, 4.69) is 19.7 Å². The van der Waals surface area contributed by atoms with E-state index >= 15 is 0 Å². The van der Waals surface area contributed by atoms with Crippen LogP contribution >= 0.6 is 11.6 Å². The molecule has 1 aromatic rings. The van der Waals surface area contributed by atoms with Gasteiger partial charge >= 0.3 is 6.09 Å². The van der Waals surface area contributed by atoms with Gasteiger partial charge in [-0.2, -0.15) is 0 Å². The van der Waals surface area contributed by atoms with E-state index in [1.807, 2.05) is 0 Å². The zero-order valence-electron chi connectivity index (χ0n) is 6.33. The average Bonchev–Trinajstić information content (AvgIpc) is 2.52. The van der Waals surface area contributed by atoms with Gasteiger partial charge in [0.05, 0.1) is 5.88 Å². The maximum absolute atomic E-state index is 10.6. The second-order valence-electron chi connectivity index (χ2n) is 1.90. The van der Waals surface area contributed by atoms with Crippen molar-refractivity contribution in [1.82, 2.24) is 10.5 Å². The quantitative estimate of drug-likeness (QED) is 0.710. The summed E-state index contributed by atoms with van der Waals surface area (Å²) < 4.78 is 9.30. The lowest BCUT2D eigenvalue weighted by Crippen LogP contribution is -2.22. The molecule has 1 rings (SSSR count). The first kappa shape index (κ1) is 8.86. The smallest absolute Gasteiger partial charge is 0.388 e. The zero-order valence-corrected chi connectivity index (χ0v) is 7.09. The van der Waals surface area contributed by atoms with E-state index < -0.39 is 6.09 Å². The Labute approximate surface area is 73.6 Å². The Balaban J connectivity index is 2.58. The minimum absolute atomic E-state index is 0.102. The Hall–Kier alpha value is -1.23. The van der Waals surface area contributed by atoms with Gasteiger partial charge in [0.2, 0.25) is 0 Å². The first-order valence-corrected chi connectivity index (χ1v) is 3.71. The van der Waals surface area contributed by atoms with Crippen LogP contribution in [0, 0.1) is 0 Å². The Morgan fingerprint density at radius 1 is 1.92 bits per heavy atom. The summed E-state index contributed by atoms with van der Waals surface area (Å²) in [5, 5.41) is 5.70. The Bertz CT molecular complexity index is 274. The number of ether oxygens (including phenoxy) is 1. The maximum atomic E-state index is 10.6. The number of alkyl halides is 1. The fourth-order valence-electron chi connectivity index (χ4n) is 0.551. The molecule has 0 saturated carbocycles. The minimum Gasteiger partial charge on any atom is -0.388 e. The predicted octanol–water partition coefficient (Wildman–Crippen LogP) is 1.13. The van der Waals surface area contributed by atoms with E-state index in [0.29, 0.717) is 5.76 Å². The van der Waals surface area contributed by atoms with Crippen LogP contribution in [-0.2, 0) is 5.88 Å². The lowest BCUT2D eigenvalue weighted by atomic mass is 10.5. The van der Waals surface area contributed by atoms with Crippen molar-refractivity contribution in [3.05, 3.63) is 11.8 Å². The molecule has 1 N–H and O–H groups in total. The number of nitrogens with one attached hydrogen (secondary N) is 1. The molecule has 0 bridgehead atoms. The molecule has 1 amide bonds. The van der Waals surface area contributed by atoms with Crippen molar-refractivity contribution in [2.75, 3.05) is 7.05 Å². The molecule has 1 heterocycles. The Morgan fingerprint density at radius 3 is 3.17 bits per heavy atom. The van der Waals surface area contributed by atoms with Gasteiger partial charge in [0.25, 0.3) is 5.88 Å². The van der Waals surface area contributed by atoms with Crippen LogP contribution in [-0.4, -0.2) is 18.3 Å². The van der Waals surface area contributed by atoms with Crippen LogP contribution in [0.4, 0.5) is 4.79 Å². The average molecular weight is 191 g/mol. The molecule has 5 nitrogen and oxygen atoms in total. The van der Waals surface area contributed by atoms with Crippen LogP contribution in [0.25, 0.3) is 0 Å². The molecular formula is C6H7ClN2O3. The van der Waals surface area contributed by atoms with Gasteiger partial charge in [0.15, 0.2) is 5.76 Å². The van der Waals surface area contributed by atoms with E-state index in [-0.39, 0.29) is 11.8 Å². The van der Waals surface area contributed by atoms with Crippen LogP contribution in [0.2, 0.25) is 0 Å². The molecule has 0 aliphatic carbocycles. The summed E-state index contributed by atoms with van der Waals surface area (Å²) in [6.45, 7) is 0. The van der Waals surface area contributed by atoms with Gasteiger partial charge in [-0.05, 0) is 5.16 Å². The van der Waals surface area contributed by atoms with Crippen LogP contribution in [0.3, 0.4) is 0 Å². The highest BCUT2D eigenvalue weighted by atomic mass is 35.5. The largest absolute Gasteiger partial charge is 0.413 e. The number of amides is 1. The number of carbonyl (C=O) groups is 1. The summed E-state index contributed by atoms with van der Waals surface area (Å²) in [7, 11) is 1.45. The molecule has 66 valence electrons. The normalized spacial score (nSPS) is 9.50. The van der Waals surface area contributed by atoms with E-state index in [1.165, 1.54) is 13.1 Å². The van der Waals surface area contributed by atoms with Crippen molar-refractivity contribution < 1.29 is 14.1 Å². The molecule has 0 unspecified atom stereocenters. The highest BCUT2D eigenvalue weighted by molar-refractivity contribution is 6.16. The topological polar surface area (TPSA) is 64.4 Å². The number of aromatic nitrogens is 1. The summed E-state index contributed by atoms with van der Waals surface area (Å²) in [5.74, 6) is 0.755. The first-order chi connectivity index (χ1) is 5.76. The highest BCUT2D eigenvalue weighted by Gasteiger charge is 2.07. The molecule has 0 radical (unpaired) electrons. The van der Waals surface area contributed by atoms with E-state index in [0.717, 1.165) is 0 Å². The second kappa shape index (κ2) is 3.96. The van der Waals surface area contributed by atoms with Gasteiger partial charge in [-0.1, -0.05) is 0 Å². The lowest BCUT2D eigenvalue weighted by molar-refractivity contribution is 0.198. The molecule has 0 saturated heterocycles. The van der Waals surface area contributed by atoms with Crippen molar-refractivity contribution in [2.45, 2.75) is 5.88 Å². The van der Waals surface area contributed by atoms with Gasteiger partial charge in [-0.15, -0.1) is 11.6 Å². The Kier molecular flexibility index (Phi) is 2.93. The molecule has 0 fully saturated rings. The third kappa shape index (κ3) is 2.13. The van der Waals surface area contributed by atoms with Gasteiger partial charge in [0, 0.05) is 13.1 Å². The molecule has 0 spiro atoms. The van der Waals surface area contributed by atoms with Crippen LogP contribution in [0.1, 0.15) is 5.76 Å². The molecule has 1 aromatic heterocycles. The van der Waals surface area contributed by atoms with Crippen molar-refractivity contribution in [3.63, 3.8) is 0 Å². The zero-order chi connectivity index (χ0) is 8.97. The summed E-state index contributed by atoms with van der Waals surface area (Å²) in [6.07, 6.45) is -0.593. The minimum atomic E-state index is -0.593. The molecule has 0 atom stereocenters. The van der Waals surface area contributed by atoms with E-state index in [1.54, 1.807) is 0 Å². The van der Waals surface area contributed by atoms with E-state index in [4.69, 9.17) is 11.6 Å². The highest BCUT2D eigenvalue weighted by Crippen LogP contribution is 2.12. The van der Waals surface area contributed by atoms with Gasteiger partial charge in [0.1, 0.15) is 0 Å². The fraction of sp³-hybridized carbons (Fsp3) is 0.333. The number of hydrogen-bond donors (Lipinski definition) is 1. The van der Waals surface area contributed by atoms with E-state index in [9.17, 15) is 4.79 Å². The second-order valence-corrected chi connectivity index (χ2v) is 2.17. The van der Waals surface area contributed by atoms with Gasteiger partial charge in [-0.25, -0.2) is 4.79 Å². The summed E-state index contributed by atoms with van der Waals surface area (Å²) in [6, 6.07) is 1.45. The maximum Gasteiger partial charge on any atom is 0.413 e. The monoisotopic (exact) mass is 190 g/mol. The van der Waals surface area contributed by atoms with Gasteiger partial charge in [-0.3, -0.25) is 0 Å². The lowest BCUT2D eigenvalue weighted by Gasteiger charge is -1.95. The molecule has 0 aliphatic heterocycles. The number of hydrogen-bond acceptors (Lipinski definition) is 4. The molecular weight excluding hydrogens is 184 g/mol. The number of nitrogens with zero attached hydrogens (tertiary/aromatic N) is 1. The predicted molar refractivity (Wildman–Crippen MR) is 41.1 cm³/mol. The van der Waals surface area contributed by atoms with Crippen LogP contribution in [0.15, 0.2) is 10.6 Å². The van der Waals surface area contributed by atoms with Crippen molar-refractivity contribution >= 4 is 17.7 Å². The standard InChI is InChI=1S/C6H7ClN2O3/c1-8-6(10)11-5-2-4(3-7)12-9-5/h2H,3H2,1H3,(H,8,10). The third-order valence-corrected chi connectivity index (χ3v) is 1.33. The summed E-state index contributed by atoms with van der Waals surface area (Å²) in [4.78, 5) is 10.6. The summed E-state index contributed by atoms with van der Waals surface area (Å²) in [5.41, 5.74) is 0. The van der Waals surface area contributed by atoms with Crippen molar-refractivity contribution in [3.8, 4) is 5.88 Å². The molecule has 12 heavy (non-hydrogen) atoms. The first-order valence-electron chi connectivity index (χ1n) is 3.17. The van der Waals surface area contributed by atoms with Crippen molar-refractivity contribution in [2.24, 2.45) is 0 Å². The number of carbonyl (C=O) groups excluding carboxylic acids is 1. The molecule has 0 aliphatic rings. The third-order valence-electron chi connectivity index (χ3n) is 1.07. The summed E-state index contributed by atoms with van der Waals surface area (Å²) >= 11 is 5.42. The van der Waals surface area contributed by atoms with Gasteiger partial charge < -0.3 is 14.6 Å². The van der Waals surface area contributed by atoms with Crippen LogP contribution in [0.5, 0.6) is 5.88 Å². The Morgan fingerprint density at radius 2 is 2.67 bits per heavy atom.